The Labute approximate surface area is 171 Å². The average Bonchev–Trinajstić information content (AvgIpc) is 2.66. The molecule has 152 valence electrons. The van der Waals surface area contributed by atoms with Crippen molar-refractivity contribution >= 4 is 23.1 Å². The van der Waals surface area contributed by atoms with Gasteiger partial charge in [-0.05, 0) is 48.2 Å². The van der Waals surface area contributed by atoms with Crippen LogP contribution in [0.2, 0.25) is 0 Å². The van der Waals surface area contributed by atoms with Gasteiger partial charge in [0.2, 0.25) is 5.91 Å². The predicted molar refractivity (Wildman–Crippen MR) is 117 cm³/mol. The number of nitrogens with one attached hydrogen (secondary N) is 1. The van der Waals surface area contributed by atoms with Crippen molar-refractivity contribution in [2.75, 3.05) is 11.1 Å². The second-order valence-electron chi connectivity index (χ2n) is 6.91. The van der Waals surface area contributed by atoms with Crippen molar-refractivity contribution in [2.24, 2.45) is 0 Å². The summed E-state index contributed by atoms with van der Waals surface area (Å²) in [6, 6.07) is 9.61. The summed E-state index contributed by atoms with van der Waals surface area (Å²) in [5.41, 5.74) is 8.61. The molecule has 5 heteroatoms. The van der Waals surface area contributed by atoms with Crippen LogP contribution in [0, 0.1) is 5.82 Å². The van der Waals surface area contributed by atoms with Crippen LogP contribution >= 0.6 is 0 Å². The third kappa shape index (κ3) is 5.88. The van der Waals surface area contributed by atoms with Crippen molar-refractivity contribution in [3.05, 3.63) is 73.1 Å². The summed E-state index contributed by atoms with van der Waals surface area (Å²) in [4.78, 5) is 24.6. The van der Waals surface area contributed by atoms with E-state index in [-0.39, 0.29) is 18.1 Å². The van der Waals surface area contributed by atoms with Crippen molar-refractivity contribution in [2.45, 2.75) is 38.5 Å². The lowest BCUT2D eigenvalue weighted by atomic mass is 9.87. The second-order valence-corrected chi connectivity index (χ2v) is 6.91. The van der Waals surface area contributed by atoms with Crippen molar-refractivity contribution in [3.8, 4) is 11.1 Å². The fourth-order valence-corrected chi connectivity index (χ4v) is 3.26. The number of carbonyl (C=O) groups excluding carboxylic acids is 2. The maximum Gasteiger partial charge on any atom is 0.228 e. The van der Waals surface area contributed by atoms with E-state index in [4.69, 9.17) is 5.73 Å². The van der Waals surface area contributed by atoms with Gasteiger partial charge in [-0.2, -0.15) is 0 Å². The molecular weight excluding hydrogens is 367 g/mol. The molecule has 0 aromatic heterocycles. The number of Topliss-reactive ketones (excluding diaryl/α,β-unsaturated/α-hetero) is 1. The maximum absolute atomic E-state index is 14.5. The zero-order chi connectivity index (χ0) is 21.4. The standard InChI is InChI=1S/C24H27FN2O2/c1-4-7-21(23(28)8-5-2)17-12-16(13-18(25)14-17)20-11-10-19(26)15-22(20)27-24(29)9-6-3/h4,6,10-15,21H,1,3,5,7-9,26H2,2H3,(H,27,29). The molecule has 0 radical (unpaired) electrons. The average molecular weight is 394 g/mol. The molecule has 0 fully saturated rings. The molecule has 2 rings (SSSR count). The predicted octanol–water partition coefficient (Wildman–Crippen LogP) is 5.62. The number of carbonyl (C=O) groups is 2. The first kappa shape index (κ1) is 22.1. The fourth-order valence-electron chi connectivity index (χ4n) is 3.26. The first-order chi connectivity index (χ1) is 13.9. The minimum Gasteiger partial charge on any atom is -0.399 e. The lowest BCUT2D eigenvalue weighted by Gasteiger charge is -2.17. The molecule has 1 amide bonds. The van der Waals surface area contributed by atoms with E-state index >= 15 is 0 Å². The van der Waals surface area contributed by atoms with Crippen molar-refractivity contribution < 1.29 is 14.0 Å². The third-order valence-electron chi connectivity index (χ3n) is 4.57. The van der Waals surface area contributed by atoms with Crippen LogP contribution in [-0.4, -0.2) is 11.7 Å². The van der Waals surface area contributed by atoms with E-state index < -0.39 is 11.7 Å². The van der Waals surface area contributed by atoms with Crippen molar-refractivity contribution in [3.63, 3.8) is 0 Å². The van der Waals surface area contributed by atoms with Crippen molar-refractivity contribution in [1.29, 1.82) is 0 Å². The van der Waals surface area contributed by atoms with Gasteiger partial charge < -0.3 is 11.1 Å². The first-order valence-electron chi connectivity index (χ1n) is 9.64. The third-order valence-corrected chi connectivity index (χ3v) is 4.57. The Balaban J connectivity index is 2.53. The van der Waals surface area contributed by atoms with Crippen LogP contribution in [0.3, 0.4) is 0 Å². The highest BCUT2D eigenvalue weighted by Gasteiger charge is 2.20. The maximum atomic E-state index is 14.5. The molecule has 1 atom stereocenters. The van der Waals surface area contributed by atoms with Gasteiger partial charge in [0.15, 0.2) is 0 Å². The number of anilines is 2. The molecule has 1 unspecified atom stereocenters. The fraction of sp³-hybridized carbons (Fsp3) is 0.250. The smallest absolute Gasteiger partial charge is 0.228 e. The number of ketones is 1. The second kappa shape index (κ2) is 10.4. The van der Waals surface area contributed by atoms with Gasteiger partial charge in [0.25, 0.3) is 0 Å². The highest BCUT2D eigenvalue weighted by molar-refractivity contribution is 5.97. The number of rotatable bonds is 10. The summed E-state index contributed by atoms with van der Waals surface area (Å²) >= 11 is 0. The Kier molecular flexibility index (Phi) is 7.89. The molecule has 3 N–H and O–H groups in total. The van der Waals surface area contributed by atoms with Gasteiger partial charge in [0, 0.05) is 30.0 Å². The Morgan fingerprint density at radius 2 is 1.93 bits per heavy atom. The number of benzene rings is 2. The Hall–Kier alpha value is -3.21. The molecule has 0 aliphatic heterocycles. The van der Waals surface area contributed by atoms with Gasteiger partial charge in [-0.15, -0.1) is 13.2 Å². The van der Waals surface area contributed by atoms with Crippen LogP contribution in [0.4, 0.5) is 15.8 Å². The molecule has 0 saturated heterocycles. The van der Waals surface area contributed by atoms with Gasteiger partial charge in [0.05, 0.1) is 5.69 Å². The zero-order valence-electron chi connectivity index (χ0n) is 16.7. The number of hydrogen-bond acceptors (Lipinski definition) is 3. The number of halogens is 1. The minimum atomic E-state index is -0.450. The highest BCUT2D eigenvalue weighted by Crippen LogP contribution is 2.34. The summed E-state index contributed by atoms with van der Waals surface area (Å²) in [6.45, 7) is 9.22. The first-order valence-corrected chi connectivity index (χ1v) is 9.64. The monoisotopic (exact) mass is 394 g/mol. The summed E-state index contributed by atoms with van der Waals surface area (Å²) in [6.07, 6.45) is 4.91. The molecule has 0 aliphatic rings. The molecule has 2 aromatic rings. The molecule has 29 heavy (non-hydrogen) atoms. The summed E-state index contributed by atoms with van der Waals surface area (Å²) in [5.74, 6) is -1.09. The molecule has 0 spiro atoms. The van der Waals surface area contributed by atoms with E-state index in [0.29, 0.717) is 40.9 Å². The SMILES string of the molecule is C=CCC(=O)Nc1cc(N)ccc1-c1cc(F)cc(C(CC=C)C(=O)CCC)c1. The summed E-state index contributed by atoms with van der Waals surface area (Å²) < 4.78 is 14.5. The Bertz CT molecular complexity index is 921. The molecule has 0 bridgehead atoms. The number of amides is 1. The van der Waals surface area contributed by atoms with E-state index in [2.05, 4.69) is 18.5 Å². The molecule has 4 nitrogen and oxygen atoms in total. The van der Waals surface area contributed by atoms with Gasteiger partial charge in [-0.25, -0.2) is 4.39 Å². The molecule has 0 saturated carbocycles. The molecule has 0 heterocycles. The quantitative estimate of drug-likeness (QED) is 0.406. The van der Waals surface area contributed by atoms with Gasteiger partial charge >= 0.3 is 0 Å². The minimum absolute atomic E-state index is 0.0563. The largest absolute Gasteiger partial charge is 0.399 e. The number of allylic oxidation sites excluding steroid dienone is 1. The van der Waals surface area contributed by atoms with Crippen LogP contribution in [0.25, 0.3) is 11.1 Å². The van der Waals surface area contributed by atoms with Gasteiger partial charge in [-0.3, -0.25) is 9.59 Å². The summed E-state index contributed by atoms with van der Waals surface area (Å²) in [7, 11) is 0. The Morgan fingerprint density at radius 3 is 2.59 bits per heavy atom. The molecule has 0 aliphatic carbocycles. The van der Waals surface area contributed by atoms with E-state index in [1.165, 1.54) is 18.2 Å². The van der Waals surface area contributed by atoms with Crippen LogP contribution in [0.1, 0.15) is 44.1 Å². The van der Waals surface area contributed by atoms with Crippen LogP contribution in [-0.2, 0) is 9.59 Å². The van der Waals surface area contributed by atoms with Crippen molar-refractivity contribution in [1.82, 2.24) is 0 Å². The summed E-state index contributed by atoms with van der Waals surface area (Å²) in [5, 5.41) is 2.79. The van der Waals surface area contributed by atoms with Crippen LogP contribution in [0.15, 0.2) is 61.7 Å². The normalized spacial score (nSPS) is 11.5. The van der Waals surface area contributed by atoms with Gasteiger partial charge in [-0.1, -0.05) is 31.2 Å². The lowest BCUT2D eigenvalue weighted by Crippen LogP contribution is -2.13. The highest BCUT2D eigenvalue weighted by atomic mass is 19.1. The number of nitrogens with two attached hydrogens (primary N) is 1. The molecule has 2 aromatic carbocycles. The van der Waals surface area contributed by atoms with Crippen LogP contribution < -0.4 is 11.1 Å². The van der Waals surface area contributed by atoms with E-state index in [9.17, 15) is 14.0 Å². The Morgan fingerprint density at radius 1 is 1.17 bits per heavy atom. The van der Waals surface area contributed by atoms with E-state index in [1.807, 2.05) is 6.92 Å². The number of hydrogen-bond donors (Lipinski definition) is 2. The zero-order valence-corrected chi connectivity index (χ0v) is 16.7. The van der Waals surface area contributed by atoms with E-state index in [1.54, 1.807) is 30.3 Å². The topological polar surface area (TPSA) is 72.2 Å². The van der Waals surface area contributed by atoms with Gasteiger partial charge in [0.1, 0.15) is 11.6 Å². The lowest BCUT2D eigenvalue weighted by molar-refractivity contribution is -0.120. The number of nitrogen functional groups attached to an aromatic ring is 1. The molecular formula is C24H27FN2O2. The van der Waals surface area contributed by atoms with E-state index in [0.717, 1.165) is 6.42 Å². The van der Waals surface area contributed by atoms with Crippen LogP contribution in [0.5, 0.6) is 0 Å².